The highest BCUT2D eigenvalue weighted by atomic mass is 16.5. The van der Waals surface area contributed by atoms with Gasteiger partial charge in [0.05, 0.1) is 11.9 Å². The first-order valence-corrected chi connectivity index (χ1v) is 5.31. The average Bonchev–Trinajstić information content (AvgIpc) is 2.67. The lowest BCUT2D eigenvalue weighted by Crippen LogP contribution is -2.19. The van der Waals surface area contributed by atoms with Gasteiger partial charge in [0.1, 0.15) is 0 Å². The molecule has 0 bridgehead atoms. The second kappa shape index (κ2) is 4.82. The Kier molecular flexibility index (Phi) is 3.22. The highest BCUT2D eigenvalue weighted by Crippen LogP contribution is 2.08. The van der Waals surface area contributed by atoms with E-state index in [9.17, 15) is 9.59 Å². The Bertz CT molecular complexity index is 605. The molecule has 0 atom stereocenters. The number of ether oxygens (including phenoxy) is 1. The maximum Gasteiger partial charge on any atom is 0.303 e. The number of fused-ring (bicyclic) bond motifs is 1. The molecule has 0 aromatic carbocycles. The third-order valence-electron chi connectivity index (χ3n) is 2.13. The normalized spacial score (nSPS) is 10.3. The molecular formula is C11H12N4O3. The molecule has 0 aliphatic rings. The number of amides is 1. The molecule has 0 aliphatic heterocycles. The van der Waals surface area contributed by atoms with Gasteiger partial charge < -0.3 is 10.1 Å². The van der Waals surface area contributed by atoms with E-state index in [1.54, 1.807) is 16.8 Å². The van der Waals surface area contributed by atoms with Crippen LogP contribution in [-0.2, 0) is 14.3 Å². The third-order valence-corrected chi connectivity index (χ3v) is 2.13. The monoisotopic (exact) mass is 248 g/mol. The zero-order valence-electron chi connectivity index (χ0n) is 10.0. The van der Waals surface area contributed by atoms with Crippen LogP contribution < -0.4 is 5.32 Å². The molecule has 0 fully saturated rings. The van der Waals surface area contributed by atoms with Crippen molar-refractivity contribution >= 4 is 23.3 Å². The van der Waals surface area contributed by atoms with Crippen LogP contribution in [0.15, 0.2) is 18.3 Å². The van der Waals surface area contributed by atoms with E-state index in [4.69, 9.17) is 0 Å². The summed E-state index contributed by atoms with van der Waals surface area (Å²) in [6.07, 6.45) is 1.59. The zero-order valence-corrected chi connectivity index (χ0v) is 10.0. The van der Waals surface area contributed by atoms with E-state index >= 15 is 0 Å². The SMILES string of the molecule is CC(=O)OCC(=O)Nc1cn2nc(C)ccc2n1. The minimum absolute atomic E-state index is 0.324. The number of carbonyl (C=O) groups is 2. The van der Waals surface area contributed by atoms with Crippen LogP contribution in [-0.4, -0.2) is 33.1 Å². The number of nitrogens with zero attached hydrogens (tertiary/aromatic N) is 3. The highest BCUT2D eigenvalue weighted by molar-refractivity contribution is 5.92. The maximum absolute atomic E-state index is 11.4. The Morgan fingerprint density at radius 1 is 1.44 bits per heavy atom. The second-order valence-electron chi connectivity index (χ2n) is 3.73. The fraction of sp³-hybridized carbons (Fsp3) is 0.273. The number of rotatable bonds is 3. The molecule has 18 heavy (non-hydrogen) atoms. The van der Waals surface area contributed by atoms with Crippen LogP contribution in [0, 0.1) is 6.92 Å². The summed E-state index contributed by atoms with van der Waals surface area (Å²) in [5.74, 6) is -0.576. The van der Waals surface area contributed by atoms with E-state index in [1.165, 1.54) is 6.92 Å². The molecule has 94 valence electrons. The molecule has 0 unspecified atom stereocenters. The molecule has 2 aromatic heterocycles. The molecule has 1 N–H and O–H groups in total. The van der Waals surface area contributed by atoms with Gasteiger partial charge in [-0.1, -0.05) is 0 Å². The van der Waals surface area contributed by atoms with Crippen LogP contribution in [0.4, 0.5) is 5.82 Å². The van der Waals surface area contributed by atoms with E-state index < -0.39 is 11.9 Å². The molecule has 0 aliphatic carbocycles. The summed E-state index contributed by atoms with van der Waals surface area (Å²) in [4.78, 5) is 26.1. The number of hydrogen-bond acceptors (Lipinski definition) is 5. The number of nitrogens with one attached hydrogen (secondary N) is 1. The van der Waals surface area contributed by atoms with Crippen LogP contribution >= 0.6 is 0 Å². The molecule has 0 saturated heterocycles. The smallest absolute Gasteiger partial charge is 0.303 e. The molecule has 0 saturated carbocycles. The van der Waals surface area contributed by atoms with Crippen molar-refractivity contribution in [1.82, 2.24) is 14.6 Å². The Balaban J connectivity index is 2.07. The fourth-order valence-corrected chi connectivity index (χ4v) is 1.38. The second-order valence-corrected chi connectivity index (χ2v) is 3.73. The zero-order chi connectivity index (χ0) is 13.1. The first kappa shape index (κ1) is 12.0. The number of aryl methyl sites for hydroxylation is 1. The molecule has 7 nitrogen and oxygen atoms in total. The van der Waals surface area contributed by atoms with Gasteiger partial charge in [0.15, 0.2) is 18.1 Å². The number of hydrogen-bond donors (Lipinski definition) is 1. The molecule has 2 heterocycles. The van der Waals surface area contributed by atoms with Gasteiger partial charge in [0.2, 0.25) is 0 Å². The van der Waals surface area contributed by atoms with Crippen molar-refractivity contribution in [2.75, 3.05) is 11.9 Å². The van der Waals surface area contributed by atoms with Crippen molar-refractivity contribution in [3.05, 3.63) is 24.0 Å². The minimum Gasteiger partial charge on any atom is -0.456 e. The topological polar surface area (TPSA) is 85.6 Å². The highest BCUT2D eigenvalue weighted by Gasteiger charge is 2.08. The third kappa shape index (κ3) is 2.82. The Morgan fingerprint density at radius 2 is 2.22 bits per heavy atom. The quantitative estimate of drug-likeness (QED) is 0.801. The largest absolute Gasteiger partial charge is 0.456 e. The number of imidazole rings is 1. The van der Waals surface area contributed by atoms with E-state index in [-0.39, 0.29) is 6.61 Å². The summed E-state index contributed by atoms with van der Waals surface area (Å²) in [5.41, 5.74) is 1.47. The molecule has 2 rings (SSSR count). The standard InChI is InChI=1S/C11H12N4O3/c1-7-3-4-10-12-9(5-15(10)14-7)13-11(17)6-18-8(2)16/h3-5H,6H2,1-2H3,(H,13,17). The summed E-state index contributed by atoms with van der Waals surface area (Å²) in [6.45, 7) is 2.78. The van der Waals surface area contributed by atoms with Crippen molar-refractivity contribution in [1.29, 1.82) is 0 Å². The minimum atomic E-state index is -0.502. The number of carbonyl (C=O) groups excluding carboxylic acids is 2. The molecule has 2 aromatic rings. The van der Waals surface area contributed by atoms with Gasteiger partial charge in [-0.05, 0) is 19.1 Å². The van der Waals surface area contributed by atoms with Gasteiger partial charge in [-0.3, -0.25) is 9.59 Å². The lowest BCUT2D eigenvalue weighted by atomic mass is 10.4. The molecule has 7 heteroatoms. The van der Waals surface area contributed by atoms with Gasteiger partial charge in [-0.2, -0.15) is 5.10 Å². The van der Waals surface area contributed by atoms with Crippen LogP contribution in [0.2, 0.25) is 0 Å². The number of anilines is 1. The average molecular weight is 248 g/mol. The maximum atomic E-state index is 11.4. The van der Waals surface area contributed by atoms with Crippen molar-refractivity contribution in [2.45, 2.75) is 13.8 Å². The van der Waals surface area contributed by atoms with Crippen LogP contribution in [0.1, 0.15) is 12.6 Å². The summed E-state index contributed by atoms with van der Waals surface area (Å²) in [6, 6.07) is 3.62. The fourth-order valence-electron chi connectivity index (χ4n) is 1.38. The van der Waals surface area contributed by atoms with Crippen LogP contribution in [0.5, 0.6) is 0 Å². The Labute approximate surface area is 103 Å². The van der Waals surface area contributed by atoms with Crippen molar-refractivity contribution < 1.29 is 14.3 Å². The first-order chi connectivity index (χ1) is 8.54. The van der Waals surface area contributed by atoms with Gasteiger partial charge in [0, 0.05) is 6.92 Å². The summed E-state index contributed by atoms with van der Waals surface area (Å²) in [7, 11) is 0. The number of aromatic nitrogens is 3. The van der Waals surface area contributed by atoms with E-state index in [0.29, 0.717) is 11.5 Å². The van der Waals surface area contributed by atoms with E-state index in [0.717, 1.165) is 5.69 Å². The number of esters is 1. The molecular weight excluding hydrogens is 236 g/mol. The Morgan fingerprint density at radius 3 is 2.94 bits per heavy atom. The van der Waals surface area contributed by atoms with E-state index in [2.05, 4.69) is 20.1 Å². The van der Waals surface area contributed by atoms with Crippen molar-refractivity contribution in [3.8, 4) is 0 Å². The van der Waals surface area contributed by atoms with Gasteiger partial charge in [-0.15, -0.1) is 0 Å². The van der Waals surface area contributed by atoms with Crippen LogP contribution in [0.25, 0.3) is 5.65 Å². The van der Waals surface area contributed by atoms with E-state index in [1.807, 2.05) is 13.0 Å². The van der Waals surface area contributed by atoms with Gasteiger partial charge in [-0.25, -0.2) is 9.50 Å². The molecule has 0 spiro atoms. The lowest BCUT2D eigenvalue weighted by Gasteiger charge is -2.01. The molecule has 0 radical (unpaired) electrons. The van der Waals surface area contributed by atoms with Crippen LogP contribution in [0.3, 0.4) is 0 Å². The summed E-state index contributed by atoms with van der Waals surface area (Å²) >= 11 is 0. The molecule has 1 amide bonds. The summed E-state index contributed by atoms with van der Waals surface area (Å²) < 4.78 is 6.13. The lowest BCUT2D eigenvalue weighted by molar-refractivity contribution is -0.144. The first-order valence-electron chi connectivity index (χ1n) is 5.31. The van der Waals surface area contributed by atoms with Crippen molar-refractivity contribution in [2.24, 2.45) is 0 Å². The predicted molar refractivity (Wildman–Crippen MR) is 63.0 cm³/mol. The van der Waals surface area contributed by atoms with Gasteiger partial charge >= 0.3 is 5.97 Å². The predicted octanol–water partition coefficient (Wildman–Crippen LogP) is 0.539. The Hall–Kier alpha value is -2.44. The van der Waals surface area contributed by atoms with Crippen molar-refractivity contribution in [3.63, 3.8) is 0 Å². The van der Waals surface area contributed by atoms with Gasteiger partial charge in [0.25, 0.3) is 5.91 Å². The summed E-state index contributed by atoms with van der Waals surface area (Å²) in [5, 5.41) is 6.71.